The lowest BCUT2D eigenvalue weighted by atomic mass is 10.2. The van der Waals surface area contributed by atoms with Gasteiger partial charge in [0.15, 0.2) is 0 Å². The second-order valence-corrected chi connectivity index (χ2v) is 3.88. The second-order valence-electron chi connectivity index (χ2n) is 3.88. The van der Waals surface area contributed by atoms with Crippen molar-refractivity contribution in [3.8, 4) is 0 Å². The van der Waals surface area contributed by atoms with Gasteiger partial charge in [-0.2, -0.15) is 0 Å². The van der Waals surface area contributed by atoms with Crippen LogP contribution in [0.4, 0.5) is 14.9 Å². The van der Waals surface area contributed by atoms with E-state index in [1.54, 1.807) is 6.92 Å². The summed E-state index contributed by atoms with van der Waals surface area (Å²) in [6.07, 6.45) is -0.142. The standard InChI is InChI=1S/C12H15FN2O4/c1-7(19-2)6-14-12(18)15-8-3-4-9(11(16)17)10(13)5-8/h3-5,7H,6H2,1-2H3,(H,16,17)(H2,14,15,18). The molecule has 0 fully saturated rings. The first-order valence-corrected chi connectivity index (χ1v) is 5.54. The smallest absolute Gasteiger partial charge is 0.338 e. The molecule has 0 bridgehead atoms. The average Bonchev–Trinajstić information content (AvgIpc) is 2.35. The molecule has 19 heavy (non-hydrogen) atoms. The van der Waals surface area contributed by atoms with Gasteiger partial charge in [0.05, 0.1) is 11.7 Å². The molecule has 0 aromatic heterocycles. The molecule has 104 valence electrons. The molecular formula is C12H15FN2O4. The fraction of sp³-hybridized carbons (Fsp3) is 0.333. The molecule has 0 radical (unpaired) electrons. The van der Waals surface area contributed by atoms with Crippen LogP contribution in [-0.4, -0.2) is 36.9 Å². The molecule has 0 spiro atoms. The van der Waals surface area contributed by atoms with E-state index >= 15 is 0 Å². The molecule has 0 aliphatic rings. The van der Waals surface area contributed by atoms with Crippen molar-refractivity contribution in [3.63, 3.8) is 0 Å². The highest BCUT2D eigenvalue weighted by atomic mass is 19.1. The molecule has 1 rings (SSSR count). The first-order valence-electron chi connectivity index (χ1n) is 5.54. The number of hydrogen-bond acceptors (Lipinski definition) is 3. The molecule has 7 heteroatoms. The summed E-state index contributed by atoms with van der Waals surface area (Å²) in [5.41, 5.74) is -0.274. The number of urea groups is 1. The maximum Gasteiger partial charge on any atom is 0.338 e. The van der Waals surface area contributed by atoms with Crippen LogP contribution in [0.2, 0.25) is 0 Å². The number of hydrogen-bond donors (Lipinski definition) is 3. The van der Waals surface area contributed by atoms with Crippen molar-refractivity contribution in [1.82, 2.24) is 5.32 Å². The summed E-state index contributed by atoms with van der Waals surface area (Å²) in [6, 6.07) is 2.83. The molecule has 1 aromatic carbocycles. The molecule has 0 saturated carbocycles. The molecular weight excluding hydrogens is 255 g/mol. The molecule has 6 nitrogen and oxygen atoms in total. The summed E-state index contributed by atoms with van der Waals surface area (Å²) in [4.78, 5) is 22.1. The fourth-order valence-corrected chi connectivity index (χ4v) is 1.26. The van der Waals surface area contributed by atoms with Crippen LogP contribution in [0, 0.1) is 5.82 Å². The van der Waals surface area contributed by atoms with Crippen LogP contribution < -0.4 is 10.6 Å². The third-order valence-electron chi connectivity index (χ3n) is 2.41. The van der Waals surface area contributed by atoms with E-state index in [9.17, 15) is 14.0 Å². The van der Waals surface area contributed by atoms with Crippen LogP contribution >= 0.6 is 0 Å². The summed E-state index contributed by atoms with van der Waals surface area (Å²) in [6.45, 7) is 2.08. The van der Waals surface area contributed by atoms with E-state index in [2.05, 4.69) is 10.6 Å². The highest BCUT2D eigenvalue weighted by Gasteiger charge is 2.11. The molecule has 3 N–H and O–H groups in total. The van der Waals surface area contributed by atoms with Gasteiger partial charge in [0.2, 0.25) is 0 Å². The van der Waals surface area contributed by atoms with Crippen LogP contribution in [-0.2, 0) is 4.74 Å². The van der Waals surface area contributed by atoms with Crippen LogP contribution in [0.1, 0.15) is 17.3 Å². The summed E-state index contributed by atoms with van der Waals surface area (Å²) in [5.74, 6) is -2.27. The van der Waals surface area contributed by atoms with E-state index in [0.717, 1.165) is 12.1 Å². The number of anilines is 1. The first-order chi connectivity index (χ1) is 8.93. The van der Waals surface area contributed by atoms with Crippen LogP contribution in [0.5, 0.6) is 0 Å². The highest BCUT2D eigenvalue weighted by Crippen LogP contribution is 2.14. The van der Waals surface area contributed by atoms with Gasteiger partial charge < -0.3 is 20.5 Å². The summed E-state index contributed by atoms with van der Waals surface area (Å²) in [5, 5.41) is 13.6. The Balaban J connectivity index is 2.60. The number of methoxy groups -OCH3 is 1. The number of rotatable bonds is 5. The number of nitrogens with one attached hydrogen (secondary N) is 2. The Morgan fingerprint density at radius 3 is 2.68 bits per heavy atom. The quantitative estimate of drug-likeness (QED) is 0.759. The zero-order valence-corrected chi connectivity index (χ0v) is 10.6. The van der Waals surface area contributed by atoms with Crippen molar-refractivity contribution >= 4 is 17.7 Å². The SMILES string of the molecule is COC(C)CNC(=O)Nc1ccc(C(=O)O)c(F)c1. The number of halogens is 1. The molecule has 0 aliphatic carbocycles. The van der Waals surface area contributed by atoms with Crippen molar-refractivity contribution in [3.05, 3.63) is 29.6 Å². The van der Waals surface area contributed by atoms with Crippen molar-refractivity contribution in [1.29, 1.82) is 0 Å². The number of aromatic carboxylic acids is 1. The molecule has 1 aromatic rings. The Hall–Kier alpha value is -2.15. The Morgan fingerprint density at radius 1 is 1.47 bits per heavy atom. The van der Waals surface area contributed by atoms with Crippen molar-refractivity contribution in [2.75, 3.05) is 19.0 Å². The Bertz CT molecular complexity index is 479. The Morgan fingerprint density at radius 2 is 2.16 bits per heavy atom. The van der Waals surface area contributed by atoms with Crippen LogP contribution in [0.25, 0.3) is 0 Å². The fourth-order valence-electron chi connectivity index (χ4n) is 1.26. The normalized spacial score (nSPS) is 11.7. The van der Waals surface area contributed by atoms with Crippen LogP contribution in [0.3, 0.4) is 0 Å². The zero-order valence-electron chi connectivity index (χ0n) is 10.6. The number of benzene rings is 1. The lowest BCUT2D eigenvalue weighted by Gasteiger charge is -2.12. The van der Waals surface area contributed by atoms with E-state index in [1.807, 2.05) is 0 Å². The molecule has 0 aliphatic heterocycles. The summed E-state index contributed by atoms with van der Waals surface area (Å²) >= 11 is 0. The third kappa shape index (κ3) is 4.55. The number of carbonyl (C=O) groups excluding carboxylic acids is 1. The maximum atomic E-state index is 13.3. The molecule has 1 atom stereocenters. The van der Waals surface area contributed by atoms with Crippen molar-refractivity contribution in [2.24, 2.45) is 0 Å². The molecule has 2 amide bonds. The third-order valence-corrected chi connectivity index (χ3v) is 2.41. The largest absolute Gasteiger partial charge is 0.478 e. The van der Waals surface area contributed by atoms with Crippen molar-refractivity contribution in [2.45, 2.75) is 13.0 Å². The van der Waals surface area contributed by atoms with Gasteiger partial charge in [0.25, 0.3) is 0 Å². The predicted molar refractivity (Wildman–Crippen MR) is 66.9 cm³/mol. The van der Waals surface area contributed by atoms with Gasteiger partial charge in [-0.3, -0.25) is 0 Å². The van der Waals surface area contributed by atoms with E-state index in [-0.39, 0.29) is 11.8 Å². The van der Waals surface area contributed by atoms with Gasteiger partial charge in [0, 0.05) is 19.3 Å². The molecule has 0 heterocycles. The number of carbonyl (C=O) groups is 2. The highest BCUT2D eigenvalue weighted by molar-refractivity contribution is 5.91. The van der Waals surface area contributed by atoms with Gasteiger partial charge in [-0.05, 0) is 25.1 Å². The van der Waals surface area contributed by atoms with Gasteiger partial charge in [-0.1, -0.05) is 0 Å². The molecule has 1 unspecified atom stereocenters. The van der Waals surface area contributed by atoms with E-state index < -0.39 is 23.4 Å². The molecule has 0 saturated heterocycles. The number of carboxylic acids is 1. The van der Waals surface area contributed by atoms with E-state index in [1.165, 1.54) is 13.2 Å². The Labute approximate surface area is 109 Å². The Kier molecular flexibility index (Phi) is 5.25. The summed E-state index contributed by atoms with van der Waals surface area (Å²) < 4.78 is 18.3. The predicted octanol–water partition coefficient (Wildman–Crippen LogP) is 1.68. The second kappa shape index (κ2) is 6.69. The number of amides is 2. The van der Waals surface area contributed by atoms with E-state index in [0.29, 0.717) is 6.54 Å². The number of carboxylic acid groups (broad SMARTS) is 1. The maximum absolute atomic E-state index is 13.3. The van der Waals surface area contributed by atoms with Gasteiger partial charge in [0.1, 0.15) is 5.82 Å². The minimum absolute atomic E-state index is 0.142. The van der Waals surface area contributed by atoms with Crippen LogP contribution in [0.15, 0.2) is 18.2 Å². The topological polar surface area (TPSA) is 87.7 Å². The lowest BCUT2D eigenvalue weighted by Crippen LogP contribution is -2.34. The monoisotopic (exact) mass is 270 g/mol. The summed E-state index contributed by atoms with van der Waals surface area (Å²) in [7, 11) is 1.52. The average molecular weight is 270 g/mol. The number of ether oxygens (including phenoxy) is 1. The van der Waals surface area contributed by atoms with Gasteiger partial charge >= 0.3 is 12.0 Å². The van der Waals surface area contributed by atoms with Gasteiger partial charge in [-0.15, -0.1) is 0 Å². The van der Waals surface area contributed by atoms with Gasteiger partial charge in [-0.25, -0.2) is 14.0 Å². The first kappa shape index (κ1) is 14.9. The zero-order chi connectivity index (χ0) is 14.4. The lowest BCUT2D eigenvalue weighted by molar-refractivity contribution is 0.0692. The minimum Gasteiger partial charge on any atom is -0.478 e. The van der Waals surface area contributed by atoms with E-state index in [4.69, 9.17) is 9.84 Å². The minimum atomic E-state index is -1.36. The van der Waals surface area contributed by atoms with Crippen molar-refractivity contribution < 1.29 is 23.8 Å².